The SMILES string of the molecule is CCCN1CCN(CC(N)C2CCCCC2)CC1. The molecule has 2 aliphatic rings. The monoisotopic (exact) mass is 253 g/mol. The van der Waals surface area contributed by atoms with Gasteiger partial charge in [0.2, 0.25) is 0 Å². The van der Waals surface area contributed by atoms with E-state index in [-0.39, 0.29) is 0 Å². The average molecular weight is 253 g/mol. The van der Waals surface area contributed by atoms with Crippen LogP contribution in [0.5, 0.6) is 0 Å². The number of rotatable bonds is 5. The van der Waals surface area contributed by atoms with Gasteiger partial charge in [0.15, 0.2) is 0 Å². The molecule has 0 radical (unpaired) electrons. The molecule has 106 valence electrons. The minimum Gasteiger partial charge on any atom is -0.326 e. The molecule has 0 aromatic heterocycles. The molecule has 2 N–H and O–H groups in total. The molecule has 1 aliphatic heterocycles. The molecule has 2 rings (SSSR count). The molecule has 1 heterocycles. The third kappa shape index (κ3) is 4.22. The Bertz CT molecular complexity index is 218. The Balaban J connectivity index is 1.67. The number of nitrogens with zero attached hydrogens (tertiary/aromatic N) is 2. The lowest BCUT2D eigenvalue weighted by atomic mass is 9.84. The first-order valence-electron chi connectivity index (χ1n) is 8.00. The predicted molar refractivity (Wildman–Crippen MR) is 77.7 cm³/mol. The topological polar surface area (TPSA) is 32.5 Å². The van der Waals surface area contributed by atoms with Crippen molar-refractivity contribution < 1.29 is 0 Å². The largest absolute Gasteiger partial charge is 0.326 e. The summed E-state index contributed by atoms with van der Waals surface area (Å²) in [6.07, 6.45) is 8.26. The van der Waals surface area contributed by atoms with Crippen molar-refractivity contribution in [2.45, 2.75) is 51.5 Å². The zero-order chi connectivity index (χ0) is 12.8. The van der Waals surface area contributed by atoms with Gasteiger partial charge in [-0.05, 0) is 31.7 Å². The summed E-state index contributed by atoms with van der Waals surface area (Å²) in [5.41, 5.74) is 6.42. The Hall–Kier alpha value is -0.120. The van der Waals surface area contributed by atoms with Gasteiger partial charge in [-0.2, -0.15) is 0 Å². The lowest BCUT2D eigenvalue weighted by Gasteiger charge is -2.37. The van der Waals surface area contributed by atoms with Crippen LogP contribution in [0.15, 0.2) is 0 Å². The van der Waals surface area contributed by atoms with Crippen molar-refractivity contribution in [3.8, 4) is 0 Å². The second-order valence-corrected chi connectivity index (χ2v) is 6.20. The molecular formula is C15H31N3. The zero-order valence-electron chi connectivity index (χ0n) is 12.1. The fraction of sp³-hybridized carbons (Fsp3) is 1.00. The van der Waals surface area contributed by atoms with Gasteiger partial charge in [-0.15, -0.1) is 0 Å². The molecule has 1 aliphatic carbocycles. The maximum absolute atomic E-state index is 6.42. The summed E-state index contributed by atoms with van der Waals surface area (Å²) in [7, 11) is 0. The summed E-state index contributed by atoms with van der Waals surface area (Å²) < 4.78 is 0. The molecule has 3 nitrogen and oxygen atoms in total. The van der Waals surface area contributed by atoms with Crippen LogP contribution in [-0.4, -0.2) is 55.1 Å². The van der Waals surface area contributed by atoms with Crippen LogP contribution in [0, 0.1) is 5.92 Å². The Kier molecular flexibility index (Phi) is 5.93. The quantitative estimate of drug-likeness (QED) is 0.812. The highest BCUT2D eigenvalue weighted by molar-refractivity contribution is 4.81. The molecule has 2 fully saturated rings. The first kappa shape index (κ1) is 14.3. The third-order valence-electron chi connectivity index (χ3n) is 4.73. The van der Waals surface area contributed by atoms with Crippen molar-refractivity contribution in [3.63, 3.8) is 0 Å². The maximum atomic E-state index is 6.42. The van der Waals surface area contributed by atoms with E-state index in [4.69, 9.17) is 5.73 Å². The molecule has 1 saturated heterocycles. The fourth-order valence-corrected chi connectivity index (χ4v) is 3.52. The predicted octanol–water partition coefficient (Wildman–Crippen LogP) is 1.92. The second kappa shape index (κ2) is 7.46. The minimum atomic E-state index is 0.419. The van der Waals surface area contributed by atoms with Gasteiger partial charge in [0.25, 0.3) is 0 Å². The molecule has 0 bridgehead atoms. The van der Waals surface area contributed by atoms with E-state index < -0.39 is 0 Å². The lowest BCUT2D eigenvalue weighted by molar-refractivity contribution is 0.116. The summed E-state index contributed by atoms with van der Waals surface area (Å²) in [5, 5.41) is 0. The first-order chi connectivity index (χ1) is 8.79. The average Bonchev–Trinajstić information content (AvgIpc) is 2.42. The highest BCUT2D eigenvalue weighted by Gasteiger charge is 2.24. The van der Waals surface area contributed by atoms with Crippen LogP contribution in [0.1, 0.15) is 45.4 Å². The lowest BCUT2D eigenvalue weighted by Crippen LogP contribution is -2.51. The molecule has 0 spiro atoms. The van der Waals surface area contributed by atoms with E-state index in [2.05, 4.69) is 16.7 Å². The van der Waals surface area contributed by atoms with Crippen LogP contribution in [-0.2, 0) is 0 Å². The molecule has 1 saturated carbocycles. The molecule has 0 aromatic carbocycles. The van der Waals surface area contributed by atoms with Crippen molar-refractivity contribution in [1.82, 2.24) is 9.80 Å². The fourth-order valence-electron chi connectivity index (χ4n) is 3.52. The Morgan fingerprint density at radius 2 is 1.61 bits per heavy atom. The third-order valence-corrected chi connectivity index (χ3v) is 4.73. The van der Waals surface area contributed by atoms with E-state index in [1.807, 2.05) is 0 Å². The molecular weight excluding hydrogens is 222 g/mol. The standard InChI is InChI=1S/C15H31N3/c1-2-8-17-9-11-18(12-10-17)13-15(16)14-6-4-3-5-7-14/h14-15H,2-13,16H2,1H3. The summed E-state index contributed by atoms with van der Waals surface area (Å²) in [6.45, 7) is 9.59. The summed E-state index contributed by atoms with van der Waals surface area (Å²) in [6, 6.07) is 0.419. The van der Waals surface area contributed by atoms with E-state index >= 15 is 0 Å². The Morgan fingerprint density at radius 1 is 1.00 bits per heavy atom. The van der Waals surface area contributed by atoms with Gasteiger partial charge < -0.3 is 10.6 Å². The van der Waals surface area contributed by atoms with Gasteiger partial charge in [-0.3, -0.25) is 4.90 Å². The molecule has 0 amide bonds. The van der Waals surface area contributed by atoms with E-state index in [0.717, 1.165) is 12.5 Å². The number of nitrogens with two attached hydrogens (primary N) is 1. The Labute approximate surface area is 113 Å². The first-order valence-corrected chi connectivity index (χ1v) is 8.00. The van der Waals surface area contributed by atoms with Gasteiger partial charge in [0, 0.05) is 38.8 Å². The van der Waals surface area contributed by atoms with Crippen molar-refractivity contribution in [1.29, 1.82) is 0 Å². The highest BCUT2D eigenvalue weighted by Crippen LogP contribution is 2.26. The van der Waals surface area contributed by atoms with Gasteiger partial charge in [0.1, 0.15) is 0 Å². The van der Waals surface area contributed by atoms with Gasteiger partial charge in [0.05, 0.1) is 0 Å². The van der Waals surface area contributed by atoms with Crippen molar-refractivity contribution in [3.05, 3.63) is 0 Å². The van der Waals surface area contributed by atoms with E-state index in [0.29, 0.717) is 6.04 Å². The van der Waals surface area contributed by atoms with Crippen molar-refractivity contribution in [2.75, 3.05) is 39.3 Å². The van der Waals surface area contributed by atoms with Crippen LogP contribution in [0.2, 0.25) is 0 Å². The van der Waals surface area contributed by atoms with Gasteiger partial charge >= 0.3 is 0 Å². The number of piperazine rings is 1. The molecule has 3 heteroatoms. The van der Waals surface area contributed by atoms with E-state index in [9.17, 15) is 0 Å². The number of hydrogen-bond donors (Lipinski definition) is 1. The second-order valence-electron chi connectivity index (χ2n) is 6.20. The smallest absolute Gasteiger partial charge is 0.0196 e. The molecule has 1 unspecified atom stereocenters. The summed E-state index contributed by atoms with van der Waals surface area (Å²) in [5.74, 6) is 0.799. The van der Waals surface area contributed by atoms with Crippen molar-refractivity contribution in [2.24, 2.45) is 11.7 Å². The number of hydrogen-bond acceptors (Lipinski definition) is 3. The molecule has 0 aromatic rings. The van der Waals surface area contributed by atoms with E-state index in [1.54, 1.807) is 0 Å². The molecule has 1 atom stereocenters. The molecule has 18 heavy (non-hydrogen) atoms. The van der Waals surface area contributed by atoms with Gasteiger partial charge in [-0.25, -0.2) is 0 Å². The van der Waals surface area contributed by atoms with Crippen LogP contribution < -0.4 is 5.73 Å². The van der Waals surface area contributed by atoms with Crippen LogP contribution in [0.3, 0.4) is 0 Å². The minimum absolute atomic E-state index is 0.419. The normalized spacial score (nSPS) is 26.3. The zero-order valence-corrected chi connectivity index (χ0v) is 12.1. The van der Waals surface area contributed by atoms with Crippen LogP contribution in [0.4, 0.5) is 0 Å². The summed E-state index contributed by atoms with van der Waals surface area (Å²) in [4.78, 5) is 5.17. The highest BCUT2D eigenvalue weighted by atomic mass is 15.3. The van der Waals surface area contributed by atoms with Crippen LogP contribution in [0.25, 0.3) is 0 Å². The van der Waals surface area contributed by atoms with Gasteiger partial charge in [-0.1, -0.05) is 26.2 Å². The van der Waals surface area contributed by atoms with Crippen molar-refractivity contribution >= 4 is 0 Å². The van der Waals surface area contributed by atoms with E-state index in [1.165, 1.54) is 71.2 Å². The Morgan fingerprint density at radius 3 is 2.22 bits per heavy atom. The summed E-state index contributed by atoms with van der Waals surface area (Å²) >= 11 is 0. The maximum Gasteiger partial charge on any atom is 0.0196 e. The van der Waals surface area contributed by atoms with Crippen LogP contribution >= 0.6 is 0 Å².